The van der Waals surface area contributed by atoms with E-state index in [9.17, 15) is 9.59 Å². The molecule has 0 atom stereocenters. The highest BCUT2D eigenvalue weighted by molar-refractivity contribution is 5.74. The number of carbonyl (C=O) groups is 2. The van der Waals surface area contributed by atoms with E-state index in [1.165, 1.54) is 0 Å². The zero-order valence-corrected chi connectivity index (χ0v) is 11.9. The summed E-state index contributed by atoms with van der Waals surface area (Å²) >= 11 is 0. The molecule has 19 heavy (non-hydrogen) atoms. The maximum Gasteiger partial charge on any atom is 0.317 e. The monoisotopic (exact) mass is 271 g/mol. The van der Waals surface area contributed by atoms with Gasteiger partial charge in [0.25, 0.3) is 0 Å². The van der Waals surface area contributed by atoms with E-state index in [0.717, 1.165) is 38.9 Å². The van der Waals surface area contributed by atoms with Crippen molar-refractivity contribution in [3.8, 4) is 0 Å². The average molecular weight is 271 g/mol. The van der Waals surface area contributed by atoms with Gasteiger partial charge in [0.15, 0.2) is 0 Å². The number of piperidine rings is 1. The number of rotatable bonds is 6. The molecule has 0 bridgehead atoms. The zero-order chi connectivity index (χ0) is 14.3. The van der Waals surface area contributed by atoms with Gasteiger partial charge in [-0.2, -0.15) is 0 Å². The number of carboxylic acid groups (broad SMARTS) is 1. The Hall–Kier alpha value is -1.30. The van der Waals surface area contributed by atoms with Crippen molar-refractivity contribution in [3.63, 3.8) is 0 Å². The van der Waals surface area contributed by atoms with Crippen molar-refractivity contribution in [1.82, 2.24) is 15.1 Å². The quantitative estimate of drug-likeness (QED) is 0.750. The van der Waals surface area contributed by atoms with Gasteiger partial charge in [-0.1, -0.05) is 0 Å². The molecule has 0 aromatic carbocycles. The van der Waals surface area contributed by atoms with Gasteiger partial charge in [-0.25, -0.2) is 4.79 Å². The van der Waals surface area contributed by atoms with Crippen molar-refractivity contribution in [3.05, 3.63) is 0 Å². The molecule has 1 aliphatic rings. The van der Waals surface area contributed by atoms with Crippen molar-refractivity contribution in [2.45, 2.75) is 25.7 Å². The van der Waals surface area contributed by atoms with E-state index in [-0.39, 0.29) is 12.5 Å². The number of amides is 2. The van der Waals surface area contributed by atoms with Crippen molar-refractivity contribution in [2.24, 2.45) is 5.92 Å². The predicted octanol–water partition coefficient (Wildman–Crippen LogP) is 0.834. The molecule has 0 aromatic rings. The lowest BCUT2D eigenvalue weighted by atomic mass is 9.92. The zero-order valence-electron chi connectivity index (χ0n) is 11.9. The third-order valence-electron chi connectivity index (χ3n) is 3.50. The van der Waals surface area contributed by atoms with E-state index in [1.54, 1.807) is 0 Å². The lowest BCUT2D eigenvalue weighted by Gasteiger charge is -2.32. The summed E-state index contributed by atoms with van der Waals surface area (Å²) in [5, 5.41) is 11.5. The number of aliphatic carboxylic acids is 1. The largest absolute Gasteiger partial charge is 0.481 e. The Morgan fingerprint density at radius 2 is 1.95 bits per heavy atom. The molecule has 1 heterocycles. The summed E-state index contributed by atoms with van der Waals surface area (Å²) in [5.41, 5.74) is 0. The van der Waals surface area contributed by atoms with Crippen LogP contribution in [0, 0.1) is 5.92 Å². The Bertz CT molecular complexity index is 300. The topological polar surface area (TPSA) is 72.9 Å². The van der Waals surface area contributed by atoms with E-state index in [0.29, 0.717) is 12.5 Å². The third-order valence-corrected chi connectivity index (χ3v) is 3.50. The molecule has 110 valence electrons. The molecule has 0 unspecified atom stereocenters. The third kappa shape index (κ3) is 6.42. The van der Waals surface area contributed by atoms with Crippen LogP contribution in [0.3, 0.4) is 0 Å². The smallest absolute Gasteiger partial charge is 0.317 e. The highest BCUT2D eigenvalue weighted by Crippen LogP contribution is 2.21. The molecule has 1 rings (SSSR count). The first kappa shape index (κ1) is 15.8. The van der Waals surface area contributed by atoms with Crippen LogP contribution < -0.4 is 5.32 Å². The van der Waals surface area contributed by atoms with Gasteiger partial charge in [-0.15, -0.1) is 0 Å². The van der Waals surface area contributed by atoms with Crippen molar-refractivity contribution in [1.29, 1.82) is 0 Å². The molecule has 2 N–H and O–H groups in total. The Balaban J connectivity index is 2.18. The lowest BCUT2D eigenvalue weighted by molar-refractivity contribution is -0.137. The lowest BCUT2D eigenvalue weighted by Crippen LogP contribution is -2.45. The molecular weight excluding hydrogens is 246 g/mol. The van der Waals surface area contributed by atoms with Gasteiger partial charge in [0.2, 0.25) is 0 Å². The van der Waals surface area contributed by atoms with Gasteiger partial charge >= 0.3 is 12.0 Å². The van der Waals surface area contributed by atoms with Crippen molar-refractivity contribution < 1.29 is 14.7 Å². The number of nitrogens with zero attached hydrogens (tertiary/aromatic N) is 2. The normalized spacial score (nSPS) is 16.7. The second-order valence-corrected chi connectivity index (χ2v) is 5.40. The van der Waals surface area contributed by atoms with E-state index in [1.807, 2.05) is 23.9 Å². The first-order valence-corrected chi connectivity index (χ1v) is 6.88. The Labute approximate surface area is 114 Å². The maximum atomic E-state index is 11.9. The summed E-state index contributed by atoms with van der Waals surface area (Å²) in [5.74, 6) is -0.286. The molecule has 0 spiro atoms. The summed E-state index contributed by atoms with van der Waals surface area (Å²) < 4.78 is 0. The maximum absolute atomic E-state index is 11.9. The number of nitrogens with one attached hydrogen (secondary N) is 1. The van der Waals surface area contributed by atoms with Crippen molar-refractivity contribution >= 4 is 12.0 Å². The standard InChI is InChI=1S/C13H25N3O3/c1-15(2)10-7-14-13(19)16-8-5-11(6-9-16)3-4-12(17)18/h11H,3-10H2,1-2H3,(H,14,19)(H,17,18). The minimum Gasteiger partial charge on any atom is -0.481 e. The number of likely N-dealkylation sites (tertiary alicyclic amines) is 1. The summed E-state index contributed by atoms with van der Waals surface area (Å²) in [6, 6.07) is -0.00136. The van der Waals surface area contributed by atoms with Crippen LogP contribution in [-0.2, 0) is 4.79 Å². The van der Waals surface area contributed by atoms with Crippen LogP contribution in [0.5, 0.6) is 0 Å². The van der Waals surface area contributed by atoms with Gasteiger partial charge in [0.1, 0.15) is 0 Å². The van der Waals surface area contributed by atoms with E-state index in [2.05, 4.69) is 5.32 Å². The van der Waals surface area contributed by atoms with Gasteiger partial charge in [0, 0.05) is 32.6 Å². The highest BCUT2D eigenvalue weighted by atomic mass is 16.4. The second-order valence-electron chi connectivity index (χ2n) is 5.40. The Morgan fingerprint density at radius 3 is 2.47 bits per heavy atom. The van der Waals surface area contributed by atoms with Crippen LogP contribution >= 0.6 is 0 Å². The summed E-state index contributed by atoms with van der Waals surface area (Å²) in [6.07, 6.45) is 2.79. The minimum absolute atomic E-state index is 0.00136. The molecule has 1 fully saturated rings. The van der Waals surface area contributed by atoms with Gasteiger partial charge in [0.05, 0.1) is 0 Å². The first-order chi connectivity index (χ1) is 8.99. The number of hydrogen-bond acceptors (Lipinski definition) is 3. The predicted molar refractivity (Wildman–Crippen MR) is 73.1 cm³/mol. The number of urea groups is 1. The van der Waals surface area contributed by atoms with Gasteiger partial charge < -0.3 is 20.2 Å². The van der Waals surface area contributed by atoms with E-state index in [4.69, 9.17) is 5.11 Å². The average Bonchev–Trinajstić information content (AvgIpc) is 2.36. The van der Waals surface area contributed by atoms with Crippen LogP contribution in [0.2, 0.25) is 0 Å². The molecule has 0 saturated carbocycles. The molecule has 6 nitrogen and oxygen atoms in total. The van der Waals surface area contributed by atoms with Crippen LogP contribution in [0.25, 0.3) is 0 Å². The van der Waals surface area contributed by atoms with E-state index < -0.39 is 5.97 Å². The molecule has 0 aliphatic carbocycles. The molecular formula is C13H25N3O3. The number of carbonyl (C=O) groups excluding carboxylic acids is 1. The molecule has 0 radical (unpaired) electrons. The fraction of sp³-hybridized carbons (Fsp3) is 0.846. The fourth-order valence-electron chi connectivity index (χ4n) is 2.25. The Morgan fingerprint density at radius 1 is 1.32 bits per heavy atom. The van der Waals surface area contributed by atoms with Gasteiger partial charge in [-0.05, 0) is 39.3 Å². The number of carboxylic acids is 1. The molecule has 1 aliphatic heterocycles. The summed E-state index contributed by atoms with van der Waals surface area (Å²) in [6.45, 7) is 2.96. The van der Waals surface area contributed by atoms with E-state index >= 15 is 0 Å². The van der Waals surface area contributed by atoms with Crippen LogP contribution in [0.1, 0.15) is 25.7 Å². The Kier molecular flexibility index (Phi) is 6.62. The van der Waals surface area contributed by atoms with Crippen LogP contribution in [0.15, 0.2) is 0 Å². The van der Waals surface area contributed by atoms with Crippen LogP contribution in [0.4, 0.5) is 4.79 Å². The van der Waals surface area contributed by atoms with Gasteiger partial charge in [-0.3, -0.25) is 4.79 Å². The molecule has 1 saturated heterocycles. The number of hydrogen-bond donors (Lipinski definition) is 2. The SMILES string of the molecule is CN(C)CCNC(=O)N1CCC(CCC(=O)O)CC1. The second kappa shape index (κ2) is 7.99. The minimum atomic E-state index is -0.733. The first-order valence-electron chi connectivity index (χ1n) is 6.88. The van der Waals surface area contributed by atoms with Crippen molar-refractivity contribution in [2.75, 3.05) is 40.3 Å². The fourth-order valence-corrected chi connectivity index (χ4v) is 2.25. The molecule has 6 heteroatoms. The van der Waals surface area contributed by atoms with Crippen LogP contribution in [-0.4, -0.2) is 67.2 Å². The highest BCUT2D eigenvalue weighted by Gasteiger charge is 2.22. The summed E-state index contributed by atoms with van der Waals surface area (Å²) in [4.78, 5) is 26.2. The molecule has 2 amide bonds. The summed E-state index contributed by atoms with van der Waals surface area (Å²) in [7, 11) is 3.94. The number of likely N-dealkylation sites (N-methyl/N-ethyl adjacent to an activating group) is 1. The molecule has 0 aromatic heterocycles.